The lowest BCUT2D eigenvalue weighted by Gasteiger charge is -2.26. The molecular weight excluding hydrogens is 904 g/mol. The van der Waals surface area contributed by atoms with Crippen molar-refractivity contribution in [2.75, 3.05) is 6.54 Å². The van der Waals surface area contributed by atoms with Crippen LogP contribution in [0.3, 0.4) is 0 Å². The van der Waals surface area contributed by atoms with Gasteiger partial charge in [0, 0.05) is 36.4 Å². The lowest BCUT2D eigenvalue weighted by Crippen LogP contribution is -2.59. The number of H-pyrrole nitrogens is 1. The van der Waals surface area contributed by atoms with Crippen molar-refractivity contribution in [1.82, 2.24) is 31.6 Å². The number of rotatable bonds is 21. The van der Waals surface area contributed by atoms with Gasteiger partial charge < -0.3 is 48.8 Å². The third-order valence-corrected chi connectivity index (χ3v) is 10.3. The van der Waals surface area contributed by atoms with Crippen LogP contribution in [-0.4, -0.2) is 83.2 Å². The van der Waals surface area contributed by atoms with Gasteiger partial charge in [-0.1, -0.05) is 91.0 Å². The number of primary amides is 1. The number of nitrogens with one attached hydrogen (secondary N) is 6. The Hall–Kier alpha value is -5.42. The number of hydrogen-bond donors (Lipinski definition) is 9. The Morgan fingerprint density at radius 1 is 0.562 bits per heavy atom. The molecule has 348 valence electrons. The van der Waals surface area contributed by atoms with E-state index in [1.807, 2.05) is 72.8 Å². The Morgan fingerprint density at radius 3 is 1.73 bits per heavy atom. The van der Waals surface area contributed by atoms with Crippen LogP contribution in [0.2, 0.25) is 0 Å². The zero-order chi connectivity index (χ0) is 43.2. The minimum absolute atomic E-state index is 0. The first-order valence-electron chi connectivity index (χ1n) is 20.2. The molecule has 1 aromatic heterocycles. The second-order valence-corrected chi connectivity index (χ2v) is 15.1. The van der Waals surface area contributed by atoms with Crippen molar-refractivity contribution in [3.05, 3.63) is 120 Å². The van der Waals surface area contributed by atoms with Gasteiger partial charge in [-0.2, -0.15) is 0 Å². The lowest BCUT2D eigenvalue weighted by atomic mass is 10.0. The van der Waals surface area contributed by atoms with Crippen LogP contribution in [0.5, 0.6) is 0 Å². The molecule has 0 aliphatic carbocycles. The maximum atomic E-state index is 14.3. The number of para-hydroxylation sites is 1. The van der Waals surface area contributed by atoms with E-state index in [0.717, 1.165) is 38.4 Å². The molecule has 0 radical (unpaired) electrons. The quantitative estimate of drug-likeness (QED) is 0.0492. The van der Waals surface area contributed by atoms with Crippen LogP contribution >= 0.6 is 49.6 Å². The third kappa shape index (κ3) is 16.3. The van der Waals surface area contributed by atoms with Gasteiger partial charge in [-0.15, -0.1) is 49.6 Å². The summed E-state index contributed by atoms with van der Waals surface area (Å²) in [7, 11) is 0. The summed E-state index contributed by atoms with van der Waals surface area (Å²) < 4.78 is 0. The molecule has 0 spiro atoms. The second-order valence-electron chi connectivity index (χ2n) is 15.1. The fourth-order valence-corrected chi connectivity index (χ4v) is 6.90. The van der Waals surface area contributed by atoms with E-state index in [9.17, 15) is 28.8 Å². The maximum absolute atomic E-state index is 14.3. The van der Waals surface area contributed by atoms with Crippen LogP contribution in [-0.2, 0) is 48.0 Å². The van der Waals surface area contributed by atoms with Crippen molar-refractivity contribution in [2.45, 2.75) is 88.6 Å². The van der Waals surface area contributed by atoms with E-state index in [1.165, 1.54) is 13.8 Å². The van der Waals surface area contributed by atoms with Gasteiger partial charge in [0.15, 0.2) is 0 Å². The molecule has 12 N–H and O–H groups in total. The molecule has 0 saturated carbocycles. The molecule has 5 aromatic rings. The first kappa shape index (κ1) is 56.6. The second kappa shape index (κ2) is 27.7. The molecule has 0 unspecified atom stereocenters. The number of aromatic amines is 1. The topological polar surface area (TPSA) is 256 Å². The van der Waals surface area contributed by atoms with Crippen molar-refractivity contribution in [1.29, 1.82) is 0 Å². The van der Waals surface area contributed by atoms with Gasteiger partial charge in [0.25, 0.3) is 0 Å². The monoisotopic (exact) mass is 961 g/mol. The molecule has 1 heterocycles. The largest absolute Gasteiger partial charge is 0.368 e. The van der Waals surface area contributed by atoms with Crippen molar-refractivity contribution < 1.29 is 28.8 Å². The van der Waals surface area contributed by atoms with Crippen LogP contribution < -0.4 is 43.8 Å². The van der Waals surface area contributed by atoms with E-state index < -0.39 is 71.7 Å². The highest BCUT2D eigenvalue weighted by atomic mass is 35.5. The van der Waals surface area contributed by atoms with Gasteiger partial charge in [-0.25, -0.2) is 0 Å². The minimum Gasteiger partial charge on any atom is -0.368 e. The van der Waals surface area contributed by atoms with Crippen LogP contribution in [0.15, 0.2) is 103 Å². The van der Waals surface area contributed by atoms with E-state index in [-0.39, 0.29) is 75.3 Å². The minimum atomic E-state index is -1.23. The molecule has 4 aromatic carbocycles. The van der Waals surface area contributed by atoms with Gasteiger partial charge in [0.2, 0.25) is 35.4 Å². The molecule has 0 saturated heterocycles. The number of halogens is 4. The number of amides is 6. The Balaban J connectivity index is 0.00000512. The third-order valence-electron chi connectivity index (χ3n) is 10.3. The number of hydrogen-bond acceptors (Lipinski definition) is 8. The summed E-state index contributed by atoms with van der Waals surface area (Å²) >= 11 is 0. The molecule has 15 nitrogen and oxygen atoms in total. The highest BCUT2D eigenvalue weighted by Crippen LogP contribution is 2.20. The summed E-state index contributed by atoms with van der Waals surface area (Å²) in [6.07, 6.45) is 3.39. The number of fused-ring (bicyclic) bond motifs is 2. The molecule has 5 rings (SSSR count). The molecule has 0 aliphatic heterocycles. The summed E-state index contributed by atoms with van der Waals surface area (Å²) in [4.78, 5) is 84.2. The fraction of sp³-hybridized carbons (Fsp3) is 0.333. The normalized spacial score (nSPS) is 13.3. The first-order chi connectivity index (χ1) is 28.8. The smallest absolute Gasteiger partial charge is 0.243 e. The SMILES string of the molecule is C[C@H](NC(=O)[C@@H](Cc1ccc2ccccc2c1)NC(=O)[C@@H](C)N)C(=O)N[C@@H](Cc1c[nH]c2ccccc12)C(=O)N[C@@H](Cc1ccccc1)C(=O)N[C@@H](CCCCN)C(N)=O.Cl.Cl.Cl.Cl. The highest BCUT2D eigenvalue weighted by Gasteiger charge is 2.32. The van der Waals surface area contributed by atoms with Crippen molar-refractivity contribution >= 4 is 107 Å². The number of aromatic nitrogens is 1. The summed E-state index contributed by atoms with van der Waals surface area (Å²) in [6.45, 7) is 3.38. The predicted octanol–water partition coefficient (Wildman–Crippen LogP) is 3.44. The van der Waals surface area contributed by atoms with E-state index >= 15 is 0 Å². The number of nitrogens with two attached hydrogens (primary N) is 3. The van der Waals surface area contributed by atoms with Crippen molar-refractivity contribution in [2.24, 2.45) is 17.2 Å². The lowest BCUT2D eigenvalue weighted by molar-refractivity contribution is -0.134. The van der Waals surface area contributed by atoms with Crippen LogP contribution in [0, 0.1) is 0 Å². The molecule has 0 aliphatic rings. The molecule has 6 amide bonds. The number of benzene rings is 4. The average molecular weight is 964 g/mol. The van der Waals surface area contributed by atoms with E-state index in [0.29, 0.717) is 19.4 Å². The average Bonchev–Trinajstić information content (AvgIpc) is 3.65. The number of unbranched alkanes of at least 4 members (excludes halogenated alkanes) is 1. The Labute approximate surface area is 397 Å². The zero-order valence-electron chi connectivity index (χ0n) is 35.5. The summed E-state index contributed by atoms with van der Waals surface area (Å²) in [6, 6.07) is 23.4. The molecule has 0 fully saturated rings. The van der Waals surface area contributed by atoms with Gasteiger partial charge in [-0.3, -0.25) is 28.8 Å². The molecule has 0 bridgehead atoms. The fourth-order valence-electron chi connectivity index (χ4n) is 6.90. The maximum Gasteiger partial charge on any atom is 0.243 e. The van der Waals surface area contributed by atoms with E-state index in [2.05, 4.69) is 31.6 Å². The first-order valence-corrected chi connectivity index (χ1v) is 20.2. The highest BCUT2D eigenvalue weighted by molar-refractivity contribution is 5.97. The molecule has 6 atom stereocenters. The molecular formula is C45H59Cl4N9O6. The summed E-state index contributed by atoms with van der Waals surface area (Å²) in [5, 5.41) is 16.5. The standard InChI is InChI=1S/C45H55N9O6.4ClH/c1-27(47)41(56)52-38(24-30-19-20-31-14-6-7-15-32(31)22-30)43(58)50-28(2)42(57)53-39(25-33-26-49-35-17-9-8-16-34(33)35)45(60)54-37(23-29-12-4-3-5-13-29)44(59)51-36(40(48)55)18-10-11-21-46;;;;/h3-9,12-17,19-20,22,26-28,36-39,49H,10-11,18,21,23-25,46-47H2,1-2H3,(H2,48,55)(H,50,58)(H,51,59)(H,52,56)(H,53,57)(H,54,60);4*1H/t27-,28+,36+,37+,38-,39+;;;;/m1..../s1. The van der Waals surface area contributed by atoms with Gasteiger partial charge >= 0.3 is 0 Å². The van der Waals surface area contributed by atoms with Crippen molar-refractivity contribution in [3.8, 4) is 0 Å². The van der Waals surface area contributed by atoms with Gasteiger partial charge in [0.05, 0.1) is 6.04 Å². The van der Waals surface area contributed by atoms with Crippen LogP contribution in [0.1, 0.15) is 49.8 Å². The predicted molar refractivity (Wildman–Crippen MR) is 260 cm³/mol. The van der Waals surface area contributed by atoms with Crippen molar-refractivity contribution in [3.63, 3.8) is 0 Å². The summed E-state index contributed by atoms with van der Waals surface area (Å²) in [5.74, 6) is -3.90. The summed E-state index contributed by atoms with van der Waals surface area (Å²) in [5.41, 5.74) is 20.2. The van der Waals surface area contributed by atoms with E-state index in [1.54, 1.807) is 30.5 Å². The Morgan fingerprint density at radius 2 is 1.09 bits per heavy atom. The zero-order valence-corrected chi connectivity index (χ0v) is 38.8. The number of carbonyl (C=O) groups is 6. The van der Waals surface area contributed by atoms with E-state index in [4.69, 9.17) is 17.2 Å². The van der Waals surface area contributed by atoms with Crippen LogP contribution in [0.25, 0.3) is 21.7 Å². The van der Waals surface area contributed by atoms with Gasteiger partial charge in [-0.05, 0) is 73.2 Å². The molecule has 19 heteroatoms. The van der Waals surface area contributed by atoms with Crippen LogP contribution in [0.4, 0.5) is 0 Å². The Bertz CT molecular complexity index is 2300. The number of carbonyl (C=O) groups excluding carboxylic acids is 6. The molecule has 64 heavy (non-hydrogen) atoms. The van der Waals surface area contributed by atoms with Gasteiger partial charge in [0.1, 0.15) is 30.2 Å². The Kier molecular flexibility index (Phi) is 24.5.